The molecule has 1 amide bonds. The summed E-state index contributed by atoms with van der Waals surface area (Å²) in [5, 5.41) is 4.78. The van der Waals surface area contributed by atoms with Crippen molar-refractivity contribution < 1.29 is 9.59 Å². The minimum absolute atomic E-state index is 0.106. The van der Waals surface area contributed by atoms with E-state index >= 15 is 0 Å². The number of hydrogen-bond acceptors (Lipinski definition) is 3. The van der Waals surface area contributed by atoms with Gasteiger partial charge in [0.2, 0.25) is 5.78 Å². The largest absolute Gasteiger partial charge is 0.352 e. The summed E-state index contributed by atoms with van der Waals surface area (Å²) in [6.45, 7) is 0.579. The van der Waals surface area contributed by atoms with Gasteiger partial charge in [-0.2, -0.15) is 0 Å². The first-order valence-corrected chi connectivity index (χ1v) is 9.13. The third-order valence-corrected chi connectivity index (χ3v) is 4.80. The fraction of sp³-hybridized carbons (Fsp3) is 0.143. The van der Waals surface area contributed by atoms with E-state index in [4.69, 9.17) is 0 Å². The van der Waals surface area contributed by atoms with Crippen molar-refractivity contribution in [1.29, 1.82) is 0 Å². The number of benzene rings is 2. The standard InChI is InChI=1S/C21H19NO2S/c23-20(19-13-7-15-25-19)17-11-4-5-12-18(17)21(24)22-14-6-10-16-8-2-1-3-9-16/h1-5,7-9,11-13,15H,6,10,14H2,(H,22,24). The van der Waals surface area contributed by atoms with Crippen LogP contribution in [-0.2, 0) is 6.42 Å². The second-order valence-corrected chi connectivity index (χ2v) is 6.64. The molecule has 0 fully saturated rings. The molecule has 0 radical (unpaired) electrons. The highest BCUT2D eigenvalue weighted by Gasteiger charge is 2.18. The van der Waals surface area contributed by atoms with Gasteiger partial charge in [-0.3, -0.25) is 9.59 Å². The highest BCUT2D eigenvalue weighted by molar-refractivity contribution is 7.12. The van der Waals surface area contributed by atoms with E-state index in [1.807, 2.05) is 29.6 Å². The molecule has 0 aliphatic rings. The van der Waals surface area contributed by atoms with Crippen LogP contribution in [0.2, 0.25) is 0 Å². The Morgan fingerprint density at radius 3 is 2.28 bits per heavy atom. The summed E-state index contributed by atoms with van der Waals surface area (Å²) in [7, 11) is 0. The van der Waals surface area contributed by atoms with Crippen molar-refractivity contribution in [2.75, 3.05) is 6.54 Å². The molecule has 0 saturated carbocycles. The number of aryl methyl sites for hydroxylation is 1. The normalized spacial score (nSPS) is 10.4. The lowest BCUT2D eigenvalue weighted by molar-refractivity contribution is 0.0942. The first kappa shape index (κ1) is 17.1. The van der Waals surface area contributed by atoms with E-state index in [1.165, 1.54) is 16.9 Å². The number of ketones is 1. The molecule has 0 aliphatic carbocycles. The summed E-state index contributed by atoms with van der Waals surface area (Å²) in [4.78, 5) is 25.7. The Hall–Kier alpha value is -2.72. The molecule has 4 heteroatoms. The maximum atomic E-state index is 12.6. The van der Waals surface area contributed by atoms with Gasteiger partial charge < -0.3 is 5.32 Å². The number of carbonyl (C=O) groups is 2. The van der Waals surface area contributed by atoms with Gasteiger partial charge in [0.15, 0.2) is 0 Å². The lowest BCUT2D eigenvalue weighted by Crippen LogP contribution is -2.26. The molecule has 0 aliphatic heterocycles. The average molecular weight is 349 g/mol. The Balaban J connectivity index is 1.61. The highest BCUT2D eigenvalue weighted by atomic mass is 32.1. The van der Waals surface area contributed by atoms with E-state index in [0.717, 1.165) is 12.8 Å². The number of hydrogen-bond donors (Lipinski definition) is 1. The molecule has 0 atom stereocenters. The van der Waals surface area contributed by atoms with Crippen LogP contribution in [-0.4, -0.2) is 18.2 Å². The van der Waals surface area contributed by atoms with E-state index in [0.29, 0.717) is 22.5 Å². The van der Waals surface area contributed by atoms with Crippen molar-refractivity contribution in [1.82, 2.24) is 5.32 Å². The average Bonchev–Trinajstić information content (AvgIpc) is 3.20. The summed E-state index contributed by atoms with van der Waals surface area (Å²) in [6.07, 6.45) is 1.77. The van der Waals surface area contributed by atoms with Crippen molar-refractivity contribution in [3.63, 3.8) is 0 Å². The maximum Gasteiger partial charge on any atom is 0.252 e. The molecular formula is C21H19NO2S. The topological polar surface area (TPSA) is 46.2 Å². The SMILES string of the molecule is O=C(NCCCc1ccccc1)c1ccccc1C(=O)c1cccs1. The molecule has 1 aromatic heterocycles. The first-order valence-electron chi connectivity index (χ1n) is 8.25. The maximum absolute atomic E-state index is 12.6. The zero-order chi connectivity index (χ0) is 17.5. The second kappa shape index (κ2) is 8.40. The van der Waals surface area contributed by atoms with Gasteiger partial charge in [0, 0.05) is 12.1 Å². The summed E-state index contributed by atoms with van der Waals surface area (Å²) < 4.78 is 0. The first-order chi connectivity index (χ1) is 12.3. The molecule has 0 saturated heterocycles. The van der Waals surface area contributed by atoms with Crippen LogP contribution in [0.3, 0.4) is 0 Å². The van der Waals surface area contributed by atoms with E-state index in [2.05, 4.69) is 17.4 Å². The van der Waals surface area contributed by atoms with Gasteiger partial charge in [-0.25, -0.2) is 0 Å². The van der Waals surface area contributed by atoms with Gasteiger partial charge in [-0.15, -0.1) is 11.3 Å². The van der Waals surface area contributed by atoms with Crippen LogP contribution in [0.15, 0.2) is 72.1 Å². The Labute approximate surface area is 151 Å². The van der Waals surface area contributed by atoms with Gasteiger partial charge in [-0.1, -0.05) is 54.6 Å². The third-order valence-electron chi connectivity index (χ3n) is 3.93. The number of carbonyl (C=O) groups excluding carboxylic acids is 2. The lowest BCUT2D eigenvalue weighted by Gasteiger charge is -2.09. The van der Waals surface area contributed by atoms with Crippen LogP contribution in [0, 0.1) is 0 Å². The van der Waals surface area contributed by atoms with Gasteiger partial charge in [0.05, 0.1) is 10.4 Å². The predicted octanol–water partition coefficient (Wildman–Crippen LogP) is 4.34. The Kier molecular flexibility index (Phi) is 5.75. The molecule has 3 nitrogen and oxygen atoms in total. The van der Waals surface area contributed by atoms with Crippen molar-refractivity contribution in [3.8, 4) is 0 Å². The molecule has 126 valence electrons. The molecule has 0 spiro atoms. The van der Waals surface area contributed by atoms with Crippen LogP contribution in [0.25, 0.3) is 0 Å². The van der Waals surface area contributed by atoms with Crippen LogP contribution < -0.4 is 5.32 Å². The highest BCUT2D eigenvalue weighted by Crippen LogP contribution is 2.18. The fourth-order valence-electron chi connectivity index (χ4n) is 2.65. The molecule has 25 heavy (non-hydrogen) atoms. The minimum Gasteiger partial charge on any atom is -0.352 e. The van der Waals surface area contributed by atoms with Crippen LogP contribution in [0.5, 0.6) is 0 Å². The van der Waals surface area contributed by atoms with E-state index in [1.54, 1.807) is 30.3 Å². The van der Waals surface area contributed by atoms with Gasteiger partial charge in [0.25, 0.3) is 5.91 Å². The van der Waals surface area contributed by atoms with Crippen LogP contribution in [0.4, 0.5) is 0 Å². The Morgan fingerprint density at radius 2 is 1.56 bits per heavy atom. The summed E-state index contributed by atoms with van der Waals surface area (Å²) in [5.41, 5.74) is 2.14. The summed E-state index contributed by atoms with van der Waals surface area (Å²) in [5.74, 6) is -0.307. The number of thiophene rings is 1. The van der Waals surface area contributed by atoms with Crippen molar-refractivity contribution in [2.24, 2.45) is 0 Å². The van der Waals surface area contributed by atoms with Crippen LogP contribution in [0.1, 0.15) is 37.6 Å². The van der Waals surface area contributed by atoms with E-state index in [-0.39, 0.29) is 11.7 Å². The number of amides is 1. The zero-order valence-electron chi connectivity index (χ0n) is 13.8. The van der Waals surface area contributed by atoms with E-state index < -0.39 is 0 Å². The Morgan fingerprint density at radius 1 is 0.840 bits per heavy atom. The summed E-state index contributed by atoms with van der Waals surface area (Å²) >= 11 is 1.38. The van der Waals surface area contributed by atoms with Crippen LogP contribution >= 0.6 is 11.3 Å². The third kappa shape index (κ3) is 4.43. The minimum atomic E-state index is -0.200. The molecule has 1 heterocycles. The quantitative estimate of drug-likeness (QED) is 0.509. The van der Waals surface area contributed by atoms with Gasteiger partial charge in [-0.05, 0) is 35.9 Å². The summed E-state index contributed by atoms with van der Waals surface area (Å²) in [6, 6.07) is 20.8. The monoisotopic (exact) mass is 349 g/mol. The zero-order valence-corrected chi connectivity index (χ0v) is 14.6. The predicted molar refractivity (Wildman–Crippen MR) is 101 cm³/mol. The molecule has 1 N–H and O–H groups in total. The fourth-order valence-corrected chi connectivity index (χ4v) is 3.33. The molecule has 3 rings (SSSR count). The smallest absolute Gasteiger partial charge is 0.252 e. The lowest BCUT2D eigenvalue weighted by atomic mass is 10.0. The van der Waals surface area contributed by atoms with Crippen molar-refractivity contribution in [2.45, 2.75) is 12.8 Å². The molecule has 3 aromatic rings. The number of rotatable bonds is 7. The van der Waals surface area contributed by atoms with Crippen molar-refractivity contribution >= 4 is 23.0 Å². The molecular weight excluding hydrogens is 330 g/mol. The molecule has 2 aromatic carbocycles. The number of nitrogens with one attached hydrogen (secondary N) is 1. The Bertz CT molecular complexity index is 841. The van der Waals surface area contributed by atoms with E-state index in [9.17, 15) is 9.59 Å². The van der Waals surface area contributed by atoms with Gasteiger partial charge >= 0.3 is 0 Å². The van der Waals surface area contributed by atoms with Crippen molar-refractivity contribution in [3.05, 3.63) is 93.7 Å². The second-order valence-electron chi connectivity index (χ2n) is 5.70. The van der Waals surface area contributed by atoms with Gasteiger partial charge in [0.1, 0.15) is 0 Å². The molecule has 0 unspecified atom stereocenters. The molecule has 0 bridgehead atoms.